The second kappa shape index (κ2) is 8.59. The molecule has 1 unspecified atom stereocenters. The molecule has 0 aromatic heterocycles. The minimum absolute atomic E-state index is 0.162. The highest BCUT2D eigenvalue weighted by atomic mass is 35.5. The van der Waals surface area contributed by atoms with E-state index < -0.39 is 9.84 Å². The summed E-state index contributed by atoms with van der Waals surface area (Å²) in [6.45, 7) is 1.88. The molecule has 0 spiro atoms. The van der Waals surface area contributed by atoms with E-state index in [9.17, 15) is 13.2 Å². The summed E-state index contributed by atoms with van der Waals surface area (Å²) >= 11 is 5.90. The molecule has 4 nitrogen and oxygen atoms in total. The molecule has 0 radical (unpaired) electrons. The fourth-order valence-electron chi connectivity index (χ4n) is 2.85. The first-order valence-corrected chi connectivity index (χ1v) is 10.8. The maximum Gasteiger partial charge on any atom is 0.251 e. The van der Waals surface area contributed by atoms with Gasteiger partial charge in [0.05, 0.1) is 16.7 Å². The van der Waals surface area contributed by atoms with Gasteiger partial charge in [0.1, 0.15) is 0 Å². The van der Waals surface area contributed by atoms with Crippen LogP contribution in [0.25, 0.3) is 0 Å². The van der Waals surface area contributed by atoms with Crippen LogP contribution in [0.4, 0.5) is 0 Å². The molecule has 0 saturated heterocycles. The van der Waals surface area contributed by atoms with Gasteiger partial charge in [-0.1, -0.05) is 54.1 Å². The molecule has 1 N–H and O–H groups in total. The Kier molecular flexibility index (Phi) is 6.17. The molecule has 144 valence electrons. The number of rotatable bonds is 6. The van der Waals surface area contributed by atoms with Crippen LogP contribution in [-0.2, 0) is 15.6 Å². The van der Waals surface area contributed by atoms with Gasteiger partial charge in [-0.05, 0) is 54.4 Å². The van der Waals surface area contributed by atoms with Crippen molar-refractivity contribution in [3.05, 3.63) is 101 Å². The molecule has 0 aliphatic rings. The predicted molar refractivity (Wildman–Crippen MR) is 111 cm³/mol. The number of amides is 1. The van der Waals surface area contributed by atoms with Crippen molar-refractivity contribution in [1.82, 2.24) is 5.32 Å². The topological polar surface area (TPSA) is 63.2 Å². The number of carbonyl (C=O) groups excluding carboxylic acids is 1. The fourth-order valence-corrected chi connectivity index (χ4v) is 4.33. The molecule has 6 heteroatoms. The second-order valence-corrected chi connectivity index (χ2v) is 8.95. The number of carbonyl (C=O) groups is 1. The van der Waals surface area contributed by atoms with Gasteiger partial charge < -0.3 is 5.32 Å². The Morgan fingerprint density at radius 2 is 1.64 bits per heavy atom. The van der Waals surface area contributed by atoms with Crippen LogP contribution in [-0.4, -0.2) is 14.3 Å². The quantitative estimate of drug-likeness (QED) is 0.631. The van der Waals surface area contributed by atoms with E-state index in [1.54, 1.807) is 66.7 Å². The standard InChI is InChI=1S/C22H20ClNO3S/c1-16(18-10-12-20(23)13-11-18)24-22(25)19-7-5-6-17(14-19)15-28(26,27)21-8-3-2-4-9-21/h2-14,16H,15H2,1H3,(H,24,25). The normalized spacial score (nSPS) is 12.4. The summed E-state index contributed by atoms with van der Waals surface area (Å²) in [6.07, 6.45) is 0. The highest BCUT2D eigenvalue weighted by Crippen LogP contribution is 2.19. The van der Waals surface area contributed by atoms with Crippen LogP contribution >= 0.6 is 11.6 Å². The highest BCUT2D eigenvalue weighted by molar-refractivity contribution is 7.90. The maximum absolute atomic E-state index is 12.6. The first-order valence-electron chi connectivity index (χ1n) is 8.78. The number of sulfone groups is 1. The minimum atomic E-state index is -3.47. The predicted octanol–water partition coefficient (Wildman–Crippen LogP) is 4.80. The summed E-state index contributed by atoms with van der Waals surface area (Å²) in [4.78, 5) is 12.9. The first kappa shape index (κ1) is 20.1. The molecular formula is C22H20ClNO3S. The van der Waals surface area contributed by atoms with E-state index in [0.29, 0.717) is 16.1 Å². The monoisotopic (exact) mass is 413 g/mol. The summed E-state index contributed by atoms with van der Waals surface area (Å²) in [7, 11) is -3.47. The molecule has 28 heavy (non-hydrogen) atoms. The summed E-state index contributed by atoms with van der Waals surface area (Å²) in [5.41, 5.74) is 1.91. The zero-order valence-corrected chi connectivity index (χ0v) is 16.9. The van der Waals surface area contributed by atoms with Crippen LogP contribution in [0.15, 0.2) is 83.8 Å². The molecule has 0 aliphatic carbocycles. The zero-order valence-electron chi connectivity index (χ0n) is 15.3. The number of hydrogen-bond acceptors (Lipinski definition) is 3. The van der Waals surface area contributed by atoms with Crippen molar-refractivity contribution in [2.75, 3.05) is 0 Å². The van der Waals surface area contributed by atoms with Crippen LogP contribution < -0.4 is 5.32 Å². The molecule has 1 atom stereocenters. The Bertz CT molecular complexity index is 1060. The number of benzene rings is 3. The SMILES string of the molecule is CC(NC(=O)c1cccc(CS(=O)(=O)c2ccccc2)c1)c1ccc(Cl)cc1. The van der Waals surface area contributed by atoms with E-state index >= 15 is 0 Å². The molecule has 3 aromatic rings. The van der Waals surface area contributed by atoms with E-state index in [-0.39, 0.29) is 22.6 Å². The highest BCUT2D eigenvalue weighted by Gasteiger charge is 2.17. The van der Waals surface area contributed by atoms with Crippen LogP contribution in [0.2, 0.25) is 5.02 Å². The molecule has 1 amide bonds. The number of halogens is 1. The maximum atomic E-state index is 12.6. The van der Waals surface area contributed by atoms with Gasteiger partial charge in [0.25, 0.3) is 5.91 Å². The van der Waals surface area contributed by atoms with Crippen molar-refractivity contribution in [3.8, 4) is 0 Å². The largest absolute Gasteiger partial charge is 0.346 e. The Morgan fingerprint density at radius 1 is 0.964 bits per heavy atom. The lowest BCUT2D eigenvalue weighted by Crippen LogP contribution is -2.26. The van der Waals surface area contributed by atoms with E-state index in [0.717, 1.165) is 5.56 Å². The van der Waals surface area contributed by atoms with Gasteiger partial charge in [-0.3, -0.25) is 4.79 Å². The fraction of sp³-hybridized carbons (Fsp3) is 0.136. The van der Waals surface area contributed by atoms with Gasteiger partial charge in [0, 0.05) is 10.6 Å². The van der Waals surface area contributed by atoms with Gasteiger partial charge in [-0.25, -0.2) is 8.42 Å². The lowest BCUT2D eigenvalue weighted by Gasteiger charge is -2.15. The van der Waals surface area contributed by atoms with Crippen LogP contribution in [0.5, 0.6) is 0 Å². The van der Waals surface area contributed by atoms with E-state index in [4.69, 9.17) is 11.6 Å². The minimum Gasteiger partial charge on any atom is -0.346 e. The van der Waals surface area contributed by atoms with E-state index in [2.05, 4.69) is 5.32 Å². The second-order valence-electron chi connectivity index (χ2n) is 6.52. The Morgan fingerprint density at radius 3 is 2.32 bits per heavy atom. The van der Waals surface area contributed by atoms with Crippen molar-refractivity contribution in [2.24, 2.45) is 0 Å². The average molecular weight is 414 g/mol. The Balaban J connectivity index is 1.73. The summed E-state index contributed by atoms with van der Waals surface area (Å²) in [6, 6.07) is 22.0. The number of hydrogen-bond donors (Lipinski definition) is 1. The van der Waals surface area contributed by atoms with Gasteiger partial charge in [-0.2, -0.15) is 0 Å². The van der Waals surface area contributed by atoms with Gasteiger partial charge in [0.2, 0.25) is 0 Å². The lowest BCUT2D eigenvalue weighted by molar-refractivity contribution is 0.0939. The molecular weight excluding hydrogens is 394 g/mol. The van der Waals surface area contributed by atoms with Crippen molar-refractivity contribution >= 4 is 27.3 Å². The Hall–Kier alpha value is -2.63. The van der Waals surface area contributed by atoms with Crippen molar-refractivity contribution in [2.45, 2.75) is 23.6 Å². The third-order valence-corrected chi connectivity index (χ3v) is 6.32. The molecule has 3 aromatic carbocycles. The van der Waals surface area contributed by atoms with Crippen molar-refractivity contribution in [1.29, 1.82) is 0 Å². The van der Waals surface area contributed by atoms with Crippen LogP contribution in [0.1, 0.15) is 34.5 Å². The van der Waals surface area contributed by atoms with E-state index in [1.165, 1.54) is 0 Å². The smallest absolute Gasteiger partial charge is 0.251 e. The van der Waals surface area contributed by atoms with E-state index in [1.807, 2.05) is 19.1 Å². The van der Waals surface area contributed by atoms with Crippen LogP contribution in [0, 0.1) is 0 Å². The third-order valence-electron chi connectivity index (χ3n) is 4.37. The molecule has 3 rings (SSSR count). The molecule has 0 aliphatic heterocycles. The molecule has 0 saturated carbocycles. The molecule has 0 bridgehead atoms. The molecule has 0 heterocycles. The lowest BCUT2D eigenvalue weighted by atomic mass is 10.1. The van der Waals surface area contributed by atoms with Crippen molar-refractivity contribution < 1.29 is 13.2 Å². The Labute approximate surface area is 170 Å². The van der Waals surface area contributed by atoms with Crippen molar-refractivity contribution in [3.63, 3.8) is 0 Å². The summed E-state index contributed by atoms with van der Waals surface area (Å²) in [5.74, 6) is -0.424. The third kappa shape index (κ3) is 5.00. The molecule has 0 fully saturated rings. The first-order chi connectivity index (χ1) is 13.3. The van der Waals surface area contributed by atoms with Gasteiger partial charge >= 0.3 is 0 Å². The van der Waals surface area contributed by atoms with Crippen LogP contribution in [0.3, 0.4) is 0 Å². The summed E-state index contributed by atoms with van der Waals surface area (Å²) in [5, 5.41) is 3.56. The zero-order chi connectivity index (χ0) is 20.1. The van der Waals surface area contributed by atoms with Gasteiger partial charge in [-0.15, -0.1) is 0 Å². The number of nitrogens with one attached hydrogen (secondary N) is 1. The van der Waals surface area contributed by atoms with Gasteiger partial charge in [0.15, 0.2) is 9.84 Å². The summed E-state index contributed by atoms with van der Waals surface area (Å²) < 4.78 is 25.1. The average Bonchev–Trinajstić information content (AvgIpc) is 2.69.